The Morgan fingerprint density at radius 2 is 1.69 bits per heavy atom. The largest absolute Gasteiger partial charge is 0.340 e. The van der Waals surface area contributed by atoms with Crippen molar-refractivity contribution in [2.45, 2.75) is 13.8 Å². The summed E-state index contributed by atoms with van der Waals surface area (Å²) in [7, 11) is 0. The molecule has 0 fully saturated rings. The van der Waals surface area contributed by atoms with E-state index >= 15 is 0 Å². The van der Waals surface area contributed by atoms with Crippen molar-refractivity contribution < 1.29 is 0 Å². The number of fused-ring (bicyclic) bond motifs is 1. The lowest BCUT2D eigenvalue weighted by Gasteiger charge is -2.10. The van der Waals surface area contributed by atoms with Gasteiger partial charge in [-0.2, -0.15) is 0 Å². The van der Waals surface area contributed by atoms with E-state index in [1.165, 1.54) is 10.4 Å². The van der Waals surface area contributed by atoms with E-state index in [1.54, 1.807) is 29.8 Å². The molecule has 0 unspecified atom stereocenters. The van der Waals surface area contributed by atoms with Crippen LogP contribution in [0.3, 0.4) is 0 Å². The smallest absolute Gasteiger partial charge is 0.143 e. The number of halogens is 2. The minimum atomic E-state index is 0.502. The van der Waals surface area contributed by atoms with E-state index in [9.17, 15) is 0 Å². The second-order valence-electron chi connectivity index (χ2n) is 6.06. The molecule has 0 aliphatic rings. The highest BCUT2D eigenvalue weighted by Gasteiger charge is 2.17. The normalized spacial score (nSPS) is 11.1. The molecule has 0 aliphatic carbocycles. The lowest BCUT2D eigenvalue weighted by atomic mass is 10.0. The molecule has 2 aromatic heterocycles. The molecule has 0 saturated carbocycles. The standard InChI is InChI=1S/C20H15Cl2N3S/c1-11-3-5-13(6-4-11)17-12(2)26-20-18(17)19(23-10-24-20)25-14-7-8-15(21)16(22)9-14/h3-10H,1-2H3,(H,23,24,25). The van der Waals surface area contributed by atoms with Crippen molar-refractivity contribution in [2.24, 2.45) is 0 Å². The van der Waals surface area contributed by atoms with Crippen LogP contribution in [0.1, 0.15) is 10.4 Å². The first-order valence-corrected chi connectivity index (χ1v) is 9.63. The van der Waals surface area contributed by atoms with E-state index in [0.29, 0.717) is 10.0 Å². The molecule has 0 amide bonds. The van der Waals surface area contributed by atoms with Crippen molar-refractivity contribution >= 4 is 56.3 Å². The maximum Gasteiger partial charge on any atom is 0.143 e. The van der Waals surface area contributed by atoms with Gasteiger partial charge < -0.3 is 5.32 Å². The Hall–Kier alpha value is -2.14. The van der Waals surface area contributed by atoms with E-state index in [2.05, 4.69) is 53.4 Å². The van der Waals surface area contributed by atoms with Crippen LogP contribution in [0.5, 0.6) is 0 Å². The molecule has 130 valence electrons. The molecule has 0 radical (unpaired) electrons. The molecule has 0 atom stereocenters. The SMILES string of the molecule is Cc1ccc(-c2c(C)sc3ncnc(Nc4ccc(Cl)c(Cl)c4)c23)cc1. The van der Waals surface area contributed by atoms with E-state index < -0.39 is 0 Å². The number of anilines is 2. The number of thiophene rings is 1. The predicted molar refractivity (Wildman–Crippen MR) is 112 cm³/mol. The van der Waals surface area contributed by atoms with Crippen LogP contribution in [0.4, 0.5) is 11.5 Å². The number of aryl methyl sites for hydroxylation is 2. The minimum Gasteiger partial charge on any atom is -0.340 e. The summed E-state index contributed by atoms with van der Waals surface area (Å²) in [6.45, 7) is 4.20. The second kappa shape index (κ2) is 6.88. The molecule has 2 aromatic carbocycles. The second-order valence-corrected chi connectivity index (χ2v) is 8.07. The fourth-order valence-electron chi connectivity index (χ4n) is 2.92. The Balaban J connectivity index is 1.87. The van der Waals surface area contributed by atoms with Gasteiger partial charge in [-0.05, 0) is 37.6 Å². The van der Waals surface area contributed by atoms with Gasteiger partial charge in [0.15, 0.2) is 0 Å². The molecule has 3 nitrogen and oxygen atoms in total. The molecule has 6 heteroatoms. The highest BCUT2D eigenvalue weighted by Crippen LogP contribution is 2.41. The zero-order chi connectivity index (χ0) is 18.3. The van der Waals surface area contributed by atoms with Gasteiger partial charge in [0, 0.05) is 16.1 Å². The lowest BCUT2D eigenvalue weighted by Crippen LogP contribution is -1.96. The minimum absolute atomic E-state index is 0.502. The van der Waals surface area contributed by atoms with Crippen molar-refractivity contribution in [3.63, 3.8) is 0 Å². The van der Waals surface area contributed by atoms with Crippen LogP contribution in [0, 0.1) is 13.8 Å². The lowest BCUT2D eigenvalue weighted by molar-refractivity contribution is 1.23. The van der Waals surface area contributed by atoms with Crippen LogP contribution in [0.15, 0.2) is 48.8 Å². The van der Waals surface area contributed by atoms with Gasteiger partial charge in [0.2, 0.25) is 0 Å². The van der Waals surface area contributed by atoms with Gasteiger partial charge in [-0.25, -0.2) is 9.97 Å². The van der Waals surface area contributed by atoms with Gasteiger partial charge in [-0.3, -0.25) is 0 Å². The van der Waals surface area contributed by atoms with Crippen molar-refractivity contribution in [1.82, 2.24) is 9.97 Å². The number of hydrogen-bond donors (Lipinski definition) is 1. The zero-order valence-electron chi connectivity index (χ0n) is 14.2. The quantitative estimate of drug-likeness (QED) is 0.401. The number of nitrogens with zero attached hydrogens (tertiary/aromatic N) is 2. The third-order valence-corrected chi connectivity index (χ3v) is 5.94. The first-order valence-electron chi connectivity index (χ1n) is 8.06. The summed E-state index contributed by atoms with van der Waals surface area (Å²) >= 11 is 13.8. The van der Waals surface area contributed by atoms with Gasteiger partial charge in [0.25, 0.3) is 0 Å². The van der Waals surface area contributed by atoms with Crippen LogP contribution in [-0.4, -0.2) is 9.97 Å². The molecule has 2 heterocycles. The maximum atomic E-state index is 6.14. The average molecular weight is 400 g/mol. The Morgan fingerprint density at radius 3 is 2.42 bits per heavy atom. The molecule has 1 N–H and O–H groups in total. The molecule has 0 aliphatic heterocycles. The number of nitrogens with one attached hydrogen (secondary N) is 1. The number of hydrogen-bond acceptors (Lipinski definition) is 4. The highest BCUT2D eigenvalue weighted by molar-refractivity contribution is 7.19. The molecule has 26 heavy (non-hydrogen) atoms. The molecular weight excluding hydrogens is 385 g/mol. The Morgan fingerprint density at radius 1 is 0.923 bits per heavy atom. The van der Waals surface area contributed by atoms with Crippen LogP contribution in [0.25, 0.3) is 21.3 Å². The summed E-state index contributed by atoms with van der Waals surface area (Å²) in [5, 5.41) is 5.41. The number of rotatable bonds is 3. The Bertz CT molecular complexity index is 1100. The highest BCUT2D eigenvalue weighted by atomic mass is 35.5. The predicted octanol–water partition coefficient (Wildman–Crippen LogP) is 7.03. The van der Waals surface area contributed by atoms with Crippen molar-refractivity contribution in [2.75, 3.05) is 5.32 Å². The van der Waals surface area contributed by atoms with Crippen LogP contribution >= 0.6 is 34.5 Å². The topological polar surface area (TPSA) is 37.8 Å². The van der Waals surface area contributed by atoms with Gasteiger partial charge in [-0.1, -0.05) is 53.0 Å². The molecule has 0 saturated heterocycles. The van der Waals surface area contributed by atoms with Gasteiger partial charge in [0.1, 0.15) is 17.0 Å². The Labute approximate surface area is 165 Å². The van der Waals surface area contributed by atoms with Crippen molar-refractivity contribution in [1.29, 1.82) is 0 Å². The van der Waals surface area contributed by atoms with Crippen LogP contribution < -0.4 is 5.32 Å². The molecule has 4 rings (SSSR count). The monoisotopic (exact) mass is 399 g/mol. The summed E-state index contributed by atoms with van der Waals surface area (Å²) in [5.41, 5.74) is 4.38. The van der Waals surface area contributed by atoms with E-state index in [4.69, 9.17) is 23.2 Å². The van der Waals surface area contributed by atoms with Crippen LogP contribution in [0.2, 0.25) is 10.0 Å². The number of aromatic nitrogens is 2. The van der Waals surface area contributed by atoms with Gasteiger partial charge >= 0.3 is 0 Å². The maximum absolute atomic E-state index is 6.14. The fourth-order valence-corrected chi connectivity index (χ4v) is 4.23. The molecule has 0 bridgehead atoms. The first-order chi connectivity index (χ1) is 12.5. The summed E-state index contributed by atoms with van der Waals surface area (Å²) in [5.74, 6) is 0.758. The summed E-state index contributed by atoms with van der Waals surface area (Å²) in [6, 6.07) is 14.0. The van der Waals surface area contributed by atoms with E-state index in [-0.39, 0.29) is 0 Å². The van der Waals surface area contributed by atoms with E-state index in [0.717, 1.165) is 32.8 Å². The number of benzene rings is 2. The molecular formula is C20H15Cl2N3S. The van der Waals surface area contributed by atoms with Crippen molar-refractivity contribution in [3.8, 4) is 11.1 Å². The summed E-state index contributed by atoms with van der Waals surface area (Å²) < 4.78 is 0. The zero-order valence-corrected chi connectivity index (χ0v) is 16.5. The van der Waals surface area contributed by atoms with E-state index in [1.807, 2.05) is 6.07 Å². The Kier molecular flexibility index (Phi) is 4.57. The molecule has 0 spiro atoms. The van der Waals surface area contributed by atoms with Crippen LogP contribution in [-0.2, 0) is 0 Å². The van der Waals surface area contributed by atoms with Gasteiger partial charge in [0.05, 0.1) is 15.4 Å². The third-order valence-electron chi connectivity index (χ3n) is 4.19. The van der Waals surface area contributed by atoms with Crippen molar-refractivity contribution in [3.05, 3.63) is 69.3 Å². The average Bonchev–Trinajstić information content (AvgIpc) is 2.96. The first kappa shape index (κ1) is 17.3. The molecule has 4 aromatic rings. The van der Waals surface area contributed by atoms with Gasteiger partial charge in [-0.15, -0.1) is 11.3 Å². The summed E-state index contributed by atoms with van der Waals surface area (Å²) in [4.78, 5) is 11.1. The summed E-state index contributed by atoms with van der Waals surface area (Å²) in [6.07, 6.45) is 1.58. The fraction of sp³-hybridized carbons (Fsp3) is 0.100. The third kappa shape index (κ3) is 3.16.